The van der Waals surface area contributed by atoms with E-state index in [9.17, 15) is 4.79 Å². The first-order chi connectivity index (χ1) is 6.50. The zero-order valence-electron chi connectivity index (χ0n) is 8.50. The van der Waals surface area contributed by atoms with Gasteiger partial charge in [0.1, 0.15) is 5.75 Å². The van der Waals surface area contributed by atoms with Crippen LogP contribution in [0.1, 0.15) is 30.9 Å². The van der Waals surface area contributed by atoms with Crippen molar-refractivity contribution in [1.29, 1.82) is 0 Å². The minimum atomic E-state index is -0.794. The van der Waals surface area contributed by atoms with Gasteiger partial charge in [-0.25, -0.2) is 4.79 Å². The van der Waals surface area contributed by atoms with Gasteiger partial charge in [0.25, 0.3) is 0 Å². The van der Waals surface area contributed by atoms with E-state index in [0.29, 0.717) is 11.7 Å². The van der Waals surface area contributed by atoms with Crippen molar-refractivity contribution in [3.05, 3.63) is 29.3 Å². The molecule has 0 spiro atoms. The van der Waals surface area contributed by atoms with Crippen LogP contribution >= 0.6 is 11.6 Å². The van der Waals surface area contributed by atoms with Gasteiger partial charge in [-0.1, -0.05) is 26.0 Å². The lowest BCUT2D eigenvalue weighted by Gasteiger charge is -2.11. The van der Waals surface area contributed by atoms with Crippen LogP contribution in [0.15, 0.2) is 18.2 Å². The van der Waals surface area contributed by atoms with Crippen molar-refractivity contribution in [2.45, 2.75) is 26.7 Å². The van der Waals surface area contributed by atoms with Crippen LogP contribution in [0.5, 0.6) is 5.75 Å². The number of carbonyl (C=O) groups excluding carboxylic acids is 1. The van der Waals surface area contributed by atoms with Crippen LogP contribution in [-0.4, -0.2) is 5.43 Å². The summed E-state index contributed by atoms with van der Waals surface area (Å²) in [6.07, 6.45) is 0. The van der Waals surface area contributed by atoms with Gasteiger partial charge in [-0.05, 0) is 30.0 Å². The molecule has 1 rings (SSSR count). The summed E-state index contributed by atoms with van der Waals surface area (Å²) in [4.78, 5) is 10.6. The molecule has 0 radical (unpaired) electrons. The molecule has 0 bridgehead atoms. The van der Waals surface area contributed by atoms with E-state index in [2.05, 4.69) is 0 Å². The highest BCUT2D eigenvalue weighted by Gasteiger charge is 2.10. The van der Waals surface area contributed by atoms with Gasteiger partial charge in [0.2, 0.25) is 0 Å². The van der Waals surface area contributed by atoms with Crippen molar-refractivity contribution in [3.8, 4) is 5.75 Å². The van der Waals surface area contributed by atoms with Gasteiger partial charge < -0.3 is 4.74 Å². The van der Waals surface area contributed by atoms with Crippen LogP contribution in [0.2, 0.25) is 0 Å². The smallest absolute Gasteiger partial charge is 0.409 e. The summed E-state index contributed by atoms with van der Waals surface area (Å²) in [6.45, 7) is 6.02. The Bertz CT molecular complexity index is 345. The highest BCUT2D eigenvalue weighted by atomic mass is 35.5. The maximum Gasteiger partial charge on any atom is 0.409 e. The fourth-order valence-electron chi connectivity index (χ4n) is 1.29. The third-order valence-corrected chi connectivity index (χ3v) is 2.06. The van der Waals surface area contributed by atoms with E-state index in [0.717, 1.165) is 11.1 Å². The zero-order valence-corrected chi connectivity index (χ0v) is 9.26. The molecule has 14 heavy (non-hydrogen) atoms. The number of hydrogen-bond donors (Lipinski definition) is 0. The van der Waals surface area contributed by atoms with Gasteiger partial charge in [-0.15, -0.1) is 0 Å². The predicted octanol–water partition coefficient (Wildman–Crippen LogP) is 3.86. The molecule has 2 nitrogen and oxygen atoms in total. The minimum absolute atomic E-state index is 0.307. The van der Waals surface area contributed by atoms with Crippen molar-refractivity contribution in [2.24, 2.45) is 0 Å². The molecule has 0 aliphatic carbocycles. The average molecular weight is 213 g/mol. The van der Waals surface area contributed by atoms with Crippen LogP contribution in [0.4, 0.5) is 4.79 Å². The highest BCUT2D eigenvalue weighted by molar-refractivity contribution is 6.61. The highest BCUT2D eigenvalue weighted by Crippen LogP contribution is 2.27. The van der Waals surface area contributed by atoms with Gasteiger partial charge in [0.05, 0.1) is 0 Å². The fraction of sp³-hybridized carbons (Fsp3) is 0.364. The van der Waals surface area contributed by atoms with E-state index >= 15 is 0 Å². The van der Waals surface area contributed by atoms with Crippen LogP contribution < -0.4 is 4.74 Å². The minimum Gasteiger partial charge on any atom is -0.414 e. The summed E-state index contributed by atoms with van der Waals surface area (Å²) < 4.78 is 4.91. The summed E-state index contributed by atoms with van der Waals surface area (Å²) in [5.74, 6) is 0.863. The van der Waals surface area contributed by atoms with E-state index in [1.54, 1.807) is 0 Å². The topological polar surface area (TPSA) is 26.3 Å². The number of rotatable bonds is 2. The monoisotopic (exact) mass is 212 g/mol. The molecule has 3 heteroatoms. The third kappa shape index (κ3) is 2.74. The molecule has 0 aliphatic rings. The lowest BCUT2D eigenvalue weighted by atomic mass is 10.0. The van der Waals surface area contributed by atoms with Crippen LogP contribution in [0.3, 0.4) is 0 Å². The number of hydrogen-bond acceptors (Lipinski definition) is 2. The van der Waals surface area contributed by atoms with Gasteiger partial charge in [-0.3, -0.25) is 0 Å². The van der Waals surface area contributed by atoms with Crippen molar-refractivity contribution < 1.29 is 9.53 Å². The Morgan fingerprint density at radius 2 is 2.07 bits per heavy atom. The van der Waals surface area contributed by atoms with Crippen LogP contribution in [0, 0.1) is 6.92 Å². The summed E-state index contributed by atoms with van der Waals surface area (Å²) in [5, 5.41) is 0. The normalized spacial score (nSPS) is 10.4. The summed E-state index contributed by atoms with van der Waals surface area (Å²) in [6, 6.07) is 5.76. The van der Waals surface area contributed by atoms with Crippen molar-refractivity contribution in [3.63, 3.8) is 0 Å². The molecule has 0 saturated carbocycles. The molecule has 1 aromatic carbocycles. The first kappa shape index (κ1) is 11.1. The third-order valence-electron chi connectivity index (χ3n) is 1.98. The van der Waals surface area contributed by atoms with Crippen LogP contribution in [-0.2, 0) is 0 Å². The number of aryl methyl sites for hydroxylation is 1. The molecular weight excluding hydrogens is 200 g/mol. The van der Waals surface area contributed by atoms with Gasteiger partial charge in [-0.2, -0.15) is 0 Å². The first-order valence-electron chi connectivity index (χ1n) is 4.48. The molecule has 0 N–H and O–H groups in total. The Kier molecular flexibility index (Phi) is 3.53. The molecule has 0 unspecified atom stereocenters. The SMILES string of the molecule is Cc1ccc(C(C)C)c(OC(=O)Cl)c1. The Hall–Kier alpha value is -1.02. The van der Waals surface area contributed by atoms with E-state index in [-0.39, 0.29) is 0 Å². The Morgan fingerprint density at radius 1 is 1.43 bits per heavy atom. The Labute approximate surface area is 88.8 Å². The molecule has 0 fully saturated rings. The molecule has 0 saturated heterocycles. The van der Waals surface area contributed by atoms with Crippen molar-refractivity contribution in [2.75, 3.05) is 0 Å². The van der Waals surface area contributed by atoms with Crippen molar-refractivity contribution in [1.82, 2.24) is 0 Å². The zero-order chi connectivity index (χ0) is 10.7. The van der Waals surface area contributed by atoms with E-state index in [1.807, 2.05) is 39.0 Å². The standard InChI is InChI=1S/C11H13ClO2/c1-7(2)9-5-4-8(3)6-10(9)14-11(12)13/h4-7H,1-3H3. The van der Waals surface area contributed by atoms with Gasteiger partial charge >= 0.3 is 5.43 Å². The summed E-state index contributed by atoms with van der Waals surface area (Å²) in [5.41, 5.74) is 1.24. The van der Waals surface area contributed by atoms with E-state index < -0.39 is 5.43 Å². The summed E-state index contributed by atoms with van der Waals surface area (Å²) in [7, 11) is 0. The average Bonchev–Trinajstić information content (AvgIpc) is 2.01. The Morgan fingerprint density at radius 3 is 2.57 bits per heavy atom. The molecule has 0 heterocycles. The molecule has 1 aromatic rings. The predicted molar refractivity (Wildman–Crippen MR) is 57.1 cm³/mol. The second-order valence-corrected chi connectivity index (χ2v) is 3.84. The maximum absolute atomic E-state index is 10.6. The molecule has 0 aliphatic heterocycles. The quantitative estimate of drug-likeness (QED) is 0.696. The largest absolute Gasteiger partial charge is 0.414 e. The molecule has 76 valence electrons. The Balaban J connectivity index is 3.09. The van der Waals surface area contributed by atoms with Gasteiger partial charge in [0, 0.05) is 11.6 Å². The molecular formula is C11H13ClO2. The number of ether oxygens (including phenoxy) is 1. The maximum atomic E-state index is 10.6. The fourth-order valence-corrected chi connectivity index (χ4v) is 1.38. The lowest BCUT2D eigenvalue weighted by molar-refractivity contribution is 0.225. The second-order valence-electron chi connectivity index (χ2n) is 3.54. The number of carbonyl (C=O) groups is 1. The second kappa shape index (κ2) is 4.47. The summed E-state index contributed by atoms with van der Waals surface area (Å²) >= 11 is 5.18. The van der Waals surface area contributed by atoms with Crippen molar-refractivity contribution >= 4 is 17.0 Å². The first-order valence-corrected chi connectivity index (χ1v) is 4.86. The lowest BCUT2D eigenvalue weighted by Crippen LogP contribution is -2.01. The number of halogens is 1. The van der Waals surface area contributed by atoms with E-state index in [1.165, 1.54) is 0 Å². The van der Waals surface area contributed by atoms with E-state index in [4.69, 9.17) is 16.3 Å². The van der Waals surface area contributed by atoms with Crippen LogP contribution in [0.25, 0.3) is 0 Å². The van der Waals surface area contributed by atoms with Gasteiger partial charge in [0.15, 0.2) is 0 Å². The number of benzene rings is 1. The molecule has 0 amide bonds. The molecule has 0 atom stereocenters. The molecule has 0 aromatic heterocycles.